The summed E-state index contributed by atoms with van der Waals surface area (Å²) in [5.74, 6) is -3.66. The minimum absolute atomic E-state index is 0.0132. The van der Waals surface area contributed by atoms with Crippen LogP contribution < -0.4 is 0 Å². The molecular formula is C24H25Cl2F3N2O3. The van der Waals surface area contributed by atoms with Crippen molar-refractivity contribution in [2.75, 3.05) is 19.7 Å². The zero-order valence-corrected chi connectivity index (χ0v) is 20.3. The van der Waals surface area contributed by atoms with Gasteiger partial charge in [-0.1, -0.05) is 36.2 Å². The van der Waals surface area contributed by atoms with E-state index in [2.05, 4.69) is 4.98 Å². The number of ether oxygens (including phenoxy) is 1. The number of carbonyl (C=O) groups is 2. The normalized spacial score (nSPS) is 16.7. The summed E-state index contributed by atoms with van der Waals surface area (Å²) < 4.78 is 47.0. The fourth-order valence-electron chi connectivity index (χ4n) is 4.34. The smallest absolute Gasteiger partial charge is 0.396 e. The average Bonchev–Trinajstić information content (AvgIpc) is 2.78. The van der Waals surface area contributed by atoms with Crippen molar-refractivity contribution in [1.29, 1.82) is 0 Å². The lowest BCUT2D eigenvalue weighted by atomic mass is 9.82. The Bertz CT molecular complexity index is 1040. The number of halogens is 5. The van der Waals surface area contributed by atoms with Crippen molar-refractivity contribution in [1.82, 2.24) is 9.88 Å². The zero-order valence-electron chi connectivity index (χ0n) is 18.7. The van der Waals surface area contributed by atoms with Gasteiger partial charge in [0.2, 0.25) is 0 Å². The maximum atomic E-state index is 14.0. The van der Waals surface area contributed by atoms with Crippen molar-refractivity contribution >= 4 is 35.1 Å². The van der Waals surface area contributed by atoms with Crippen LogP contribution in [-0.4, -0.2) is 47.6 Å². The highest BCUT2D eigenvalue weighted by Gasteiger charge is 2.45. The van der Waals surface area contributed by atoms with Gasteiger partial charge in [0.15, 0.2) is 0 Å². The molecule has 0 bridgehead atoms. The van der Waals surface area contributed by atoms with Gasteiger partial charge >= 0.3 is 12.1 Å². The zero-order chi connectivity index (χ0) is 25.0. The summed E-state index contributed by atoms with van der Waals surface area (Å²) in [6.07, 6.45) is -2.33. The molecule has 2 heterocycles. The molecule has 2 atom stereocenters. The summed E-state index contributed by atoms with van der Waals surface area (Å²) in [4.78, 5) is 30.2. The molecule has 0 saturated carbocycles. The molecular weight excluding hydrogens is 492 g/mol. The van der Waals surface area contributed by atoms with Gasteiger partial charge in [0.25, 0.3) is 5.91 Å². The predicted octanol–water partition coefficient (Wildman–Crippen LogP) is 6.25. The SMILES string of the molecule is CCOC(=O)C1CCN(C(=O)c2ccc(C(C)C(c3ccnc(Cl)c3)C(F)(F)F)c(Cl)c2)CC1. The van der Waals surface area contributed by atoms with Crippen LogP contribution in [0.1, 0.15) is 60.0 Å². The van der Waals surface area contributed by atoms with E-state index in [1.807, 2.05) is 0 Å². The van der Waals surface area contributed by atoms with E-state index >= 15 is 0 Å². The van der Waals surface area contributed by atoms with E-state index in [0.717, 1.165) is 0 Å². The Labute approximate surface area is 206 Å². The fraction of sp³-hybridized carbons (Fsp3) is 0.458. The first kappa shape index (κ1) is 26.3. The number of pyridine rings is 1. The maximum absolute atomic E-state index is 14.0. The Morgan fingerprint density at radius 2 is 1.85 bits per heavy atom. The average molecular weight is 517 g/mol. The second-order valence-electron chi connectivity index (χ2n) is 8.27. The summed E-state index contributed by atoms with van der Waals surface area (Å²) in [7, 11) is 0. The molecule has 1 aliphatic heterocycles. The van der Waals surface area contributed by atoms with Gasteiger partial charge in [-0.05, 0) is 61.1 Å². The van der Waals surface area contributed by atoms with Gasteiger partial charge in [0, 0.05) is 29.9 Å². The minimum Gasteiger partial charge on any atom is -0.466 e. The van der Waals surface area contributed by atoms with Crippen LogP contribution in [0.25, 0.3) is 0 Å². The van der Waals surface area contributed by atoms with Crippen LogP contribution in [0.15, 0.2) is 36.5 Å². The third-order valence-corrected chi connectivity index (χ3v) is 6.64. The number of hydrogen-bond donors (Lipinski definition) is 0. The van der Waals surface area contributed by atoms with Gasteiger partial charge in [-0.15, -0.1) is 0 Å². The summed E-state index contributed by atoms with van der Waals surface area (Å²) >= 11 is 12.2. The molecule has 3 rings (SSSR count). The molecule has 1 fully saturated rings. The molecule has 0 spiro atoms. The maximum Gasteiger partial charge on any atom is 0.396 e. The van der Waals surface area contributed by atoms with Crippen molar-refractivity contribution < 1.29 is 27.5 Å². The van der Waals surface area contributed by atoms with Crippen LogP contribution in [0.3, 0.4) is 0 Å². The summed E-state index contributed by atoms with van der Waals surface area (Å²) in [5, 5.41) is 0.0480. The van der Waals surface area contributed by atoms with E-state index in [1.54, 1.807) is 11.8 Å². The second kappa shape index (κ2) is 11.0. The van der Waals surface area contributed by atoms with Crippen LogP contribution >= 0.6 is 23.2 Å². The van der Waals surface area contributed by atoms with Gasteiger partial charge in [0.05, 0.1) is 18.4 Å². The molecule has 1 amide bonds. The number of amides is 1. The first-order valence-corrected chi connectivity index (χ1v) is 11.7. The molecule has 1 aliphatic rings. The topological polar surface area (TPSA) is 59.5 Å². The van der Waals surface area contributed by atoms with E-state index in [-0.39, 0.29) is 44.7 Å². The third-order valence-electron chi connectivity index (χ3n) is 6.10. The van der Waals surface area contributed by atoms with Crippen LogP contribution in [0.4, 0.5) is 13.2 Å². The van der Waals surface area contributed by atoms with Gasteiger partial charge in [-0.25, -0.2) is 4.98 Å². The van der Waals surface area contributed by atoms with Crippen LogP contribution in [0, 0.1) is 5.92 Å². The van der Waals surface area contributed by atoms with Crippen LogP contribution in [0.2, 0.25) is 10.2 Å². The number of rotatable bonds is 6. The van der Waals surface area contributed by atoms with E-state index in [1.165, 1.54) is 43.5 Å². The Hall–Kier alpha value is -2.32. The molecule has 1 aromatic heterocycles. The highest BCUT2D eigenvalue weighted by Crippen LogP contribution is 2.46. The Kier molecular flexibility index (Phi) is 8.47. The lowest BCUT2D eigenvalue weighted by Crippen LogP contribution is -2.40. The minimum atomic E-state index is -4.55. The second-order valence-corrected chi connectivity index (χ2v) is 9.07. The summed E-state index contributed by atoms with van der Waals surface area (Å²) in [6, 6.07) is 6.84. The Morgan fingerprint density at radius 3 is 2.41 bits per heavy atom. The number of hydrogen-bond acceptors (Lipinski definition) is 4. The lowest BCUT2D eigenvalue weighted by Gasteiger charge is -2.31. The van der Waals surface area contributed by atoms with E-state index in [4.69, 9.17) is 27.9 Å². The number of carbonyl (C=O) groups excluding carboxylic acids is 2. The largest absolute Gasteiger partial charge is 0.466 e. The summed E-state index contributed by atoms with van der Waals surface area (Å²) in [5.41, 5.74) is 0.543. The van der Waals surface area contributed by atoms with E-state index < -0.39 is 18.0 Å². The predicted molar refractivity (Wildman–Crippen MR) is 123 cm³/mol. The molecule has 184 valence electrons. The molecule has 2 aromatic rings. The number of benzene rings is 1. The highest BCUT2D eigenvalue weighted by molar-refractivity contribution is 6.31. The van der Waals surface area contributed by atoms with E-state index in [0.29, 0.717) is 32.5 Å². The molecule has 1 saturated heterocycles. The van der Waals surface area contributed by atoms with Gasteiger partial charge < -0.3 is 9.64 Å². The van der Waals surface area contributed by atoms with Crippen molar-refractivity contribution in [2.45, 2.75) is 44.7 Å². The molecule has 0 radical (unpaired) electrons. The van der Waals surface area contributed by atoms with Gasteiger partial charge in [-0.2, -0.15) is 13.2 Å². The number of aromatic nitrogens is 1. The van der Waals surface area contributed by atoms with E-state index in [9.17, 15) is 22.8 Å². The first-order chi connectivity index (χ1) is 16.0. The number of nitrogens with zero attached hydrogens (tertiary/aromatic N) is 2. The van der Waals surface area contributed by atoms with Crippen LogP contribution in [0.5, 0.6) is 0 Å². The molecule has 10 heteroatoms. The first-order valence-electron chi connectivity index (χ1n) is 11.0. The molecule has 34 heavy (non-hydrogen) atoms. The number of likely N-dealkylation sites (tertiary alicyclic amines) is 1. The molecule has 2 unspecified atom stereocenters. The Morgan fingerprint density at radius 1 is 1.18 bits per heavy atom. The molecule has 1 aromatic carbocycles. The fourth-order valence-corrected chi connectivity index (χ4v) is 4.88. The highest BCUT2D eigenvalue weighted by atomic mass is 35.5. The van der Waals surface area contributed by atoms with Gasteiger partial charge in [0.1, 0.15) is 5.15 Å². The van der Waals surface area contributed by atoms with Crippen molar-refractivity contribution in [3.05, 3.63) is 63.4 Å². The number of esters is 1. The molecule has 0 aliphatic carbocycles. The van der Waals surface area contributed by atoms with Gasteiger partial charge in [-0.3, -0.25) is 9.59 Å². The van der Waals surface area contributed by atoms with Crippen molar-refractivity contribution in [2.24, 2.45) is 5.92 Å². The lowest BCUT2D eigenvalue weighted by molar-refractivity contribution is -0.155. The molecule has 0 N–H and O–H groups in total. The van der Waals surface area contributed by atoms with Crippen LogP contribution in [-0.2, 0) is 9.53 Å². The quantitative estimate of drug-likeness (QED) is 0.336. The van der Waals surface area contributed by atoms with Crippen molar-refractivity contribution in [3.8, 4) is 0 Å². The number of alkyl halides is 3. The monoisotopic (exact) mass is 516 g/mol. The van der Waals surface area contributed by atoms with Crippen molar-refractivity contribution in [3.63, 3.8) is 0 Å². The standard InChI is InChI=1S/C24H25Cl2F3N2O3/c1-3-34-23(33)15-7-10-31(11-8-15)22(32)17-4-5-18(19(25)12-17)14(2)21(24(27,28)29)16-6-9-30-20(26)13-16/h4-6,9,12-15,21H,3,7-8,10-11H2,1-2H3. The summed E-state index contributed by atoms with van der Waals surface area (Å²) in [6.45, 7) is 4.27. The number of piperidine rings is 1. The molecule has 5 nitrogen and oxygen atoms in total. The third kappa shape index (κ3) is 6.02. The Balaban J connectivity index is 1.77.